The zero-order valence-electron chi connectivity index (χ0n) is 20.5. The second-order valence-corrected chi connectivity index (χ2v) is 8.97. The number of ether oxygens (including phenoxy) is 2. The lowest BCUT2D eigenvalue weighted by Gasteiger charge is -2.35. The molecule has 0 saturated carbocycles. The number of carbonyl (C=O) groups is 1. The van der Waals surface area contributed by atoms with Crippen molar-refractivity contribution in [1.29, 1.82) is 0 Å². The fraction of sp³-hybridized carbons (Fsp3) is 0.269. The minimum Gasteiger partial charge on any atom is -0.395 e. The molecular weight excluding hydrogens is 493 g/mol. The summed E-state index contributed by atoms with van der Waals surface area (Å²) in [6, 6.07) is 11.0. The highest BCUT2D eigenvalue weighted by Crippen LogP contribution is 2.36. The number of aromatic amines is 1. The number of nitrogens with one attached hydrogen (secondary N) is 3. The lowest BCUT2D eigenvalue weighted by atomic mass is 9.91. The molecule has 4 heterocycles. The van der Waals surface area contributed by atoms with E-state index >= 15 is 0 Å². The van der Waals surface area contributed by atoms with Gasteiger partial charge in [-0.05, 0) is 49.4 Å². The Morgan fingerprint density at radius 1 is 1.11 bits per heavy atom. The van der Waals surface area contributed by atoms with Gasteiger partial charge in [-0.15, -0.1) is 0 Å². The normalized spacial score (nSPS) is 19.2. The van der Waals surface area contributed by atoms with E-state index in [0.29, 0.717) is 46.7 Å². The van der Waals surface area contributed by atoms with Gasteiger partial charge in [0.15, 0.2) is 5.82 Å². The third-order valence-electron chi connectivity index (χ3n) is 5.96. The van der Waals surface area contributed by atoms with E-state index in [1.54, 1.807) is 55.8 Å². The number of aromatic nitrogens is 5. The van der Waals surface area contributed by atoms with E-state index < -0.39 is 11.7 Å². The molecule has 1 aliphatic rings. The predicted molar refractivity (Wildman–Crippen MR) is 136 cm³/mol. The van der Waals surface area contributed by atoms with Crippen molar-refractivity contribution in [2.75, 3.05) is 37.0 Å². The number of hydrogen-bond acceptors (Lipinski definition) is 9. The van der Waals surface area contributed by atoms with E-state index in [4.69, 9.17) is 19.6 Å². The number of nitrogens with zero attached hydrogens (tertiary/aromatic N) is 4. The first-order chi connectivity index (χ1) is 18.4. The van der Waals surface area contributed by atoms with Crippen LogP contribution in [0.25, 0.3) is 22.6 Å². The highest BCUT2D eigenvalue weighted by Gasteiger charge is 2.41. The van der Waals surface area contributed by atoms with Crippen LogP contribution in [-0.4, -0.2) is 62.3 Å². The molecule has 0 bridgehead atoms. The molecule has 1 fully saturated rings. The van der Waals surface area contributed by atoms with Crippen molar-refractivity contribution in [3.8, 4) is 22.6 Å². The number of aliphatic hydroxyl groups excluding tert-OH is 1. The quantitative estimate of drug-likeness (QED) is 0.276. The summed E-state index contributed by atoms with van der Waals surface area (Å²) in [5, 5.41) is 14.9. The van der Waals surface area contributed by atoms with Gasteiger partial charge in [-0.25, -0.2) is 19.3 Å². The fourth-order valence-electron chi connectivity index (χ4n) is 3.87. The third-order valence-corrected chi connectivity index (χ3v) is 5.96. The van der Waals surface area contributed by atoms with Crippen LogP contribution >= 0.6 is 0 Å². The summed E-state index contributed by atoms with van der Waals surface area (Å²) in [6.07, 6.45) is 3.91. The molecule has 1 aliphatic heterocycles. The number of pyridine rings is 1. The van der Waals surface area contributed by atoms with E-state index in [0.717, 1.165) is 0 Å². The average molecular weight is 520 g/mol. The molecule has 12 heteroatoms. The zero-order chi connectivity index (χ0) is 26.5. The van der Waals surface area contributed by atoms with Crippen LogP contribution < -0.4 is 10.6 Å². The number of benzene rings is 1. The Balaban J connectivity index is 1.39. The lowest BCUT2D eigenvalue weighted by molar-refractivity contribution is -0.229. The first-order valence-corrected chi connectivity index (χ1v) is 11.9. The molecule has 196 valence electrons. The van der Waals surface area contributed by atoms with E-state index in [9.17, 15) is 9.18 Å². The molecule has 0 radical (unpaired) electrons. The summed E-state index contributed by atoms with van der Waals surface area (Å²) in [4.78, 5) is 33.5. The molecule has 4 N–H and O–H groups in total. The van der Waals surface area contributed by atoms with E-state index in [1.807, 2.05) is 0 Å². The molecule has 4 aromatic rings. The second kappa shape index (κ2) is 11.0. The largest absolute Gasteiger partial charge is 0.395 e. The van der Waals surface area contributed by atoms with Crippen LogP contribution in [0.1, 0.15) is 19.0 Å². The fourth-order valence-corrected chi connectivity index (χ4v) is 3.87. The average Bonchev–Trinajstić information content (AvgIpc) is 3.39. The standard InChI is InChI=1S/C26H26FN7O4/c1-26(24(36)31-18-6-9-28-10-7-18)14-37-23(38-15-26)22-33-20(16-2-4-17(27)5-3-16)21(34-22)19-8-11-29-25(32-19)30-12-13-35/h2-11,23,35H,12-15H2,1H3,(H,33,34)(H,28,31,36)(H,29,30,32). The molecule has 0 spiro atoms. The van der Waals surface area contributed by atoms with Crippen molar-refractivity contribution in [1.82, 2.24) is 24.9 Å². The summed E-state index contributed by atoms with van der Waals surface area (Å²) in [5.74, 6) is 0.100. The number of hydrogen-bond donors (Lipinski definition) is 4. The Hall–Kier alpha value is -4.26. The van der Waals surface area contributed by atoms with Gasteiger partial charge in [0.05, 0.1) is 42.3 Å². The van der Waals surface area contributed by atoms with Gasteiger partial charge in [-0.2, -0.15) is 0 Å². The van der Waals surface area contributed by atoms with Crippen molar-refractivity contribution in [2.24, 2.45) is 5.41 Å². The number of imidazole rings is 1. The maximum atomic E-state index is 13.6. The second-order valence-electron chi connectivity index (χ2n) is 8.97. The number of rotatable bonds is 8. The lowest BCUT2D eigenvalue weighted by Crippen LogP contribution is -2.45. The van der Waals surface area contributed by atoms with E-state index in [-0.39, 0.29) is 31.5 Å². The van der Waals surface area contributed by atoms with Crippen LogP contribution in [0, 0.1) is 11.2 Å². The minimum atomic E-state index is -0.922. The van der Waals surface area contributed by atoms with Crippen molar-refractivity contribution in [3.63, 3.8) is 0 Å². The van der Waals surface area contributed by atoms with Gasteiger partial charge < -0.3 is 30.2 Å². The maximum Gasteiger partial charge on any atom is 0.235 e. The summed E-state index contributed by atoms with van der Waals surface area (Å²) < 4.78 is 25.5. The molecule has 0 atom stereocenters. The number of halogens is 1. The maximum absolute atomic E-state index is 13.6. The molecule has 38 heavy (non-hydrogen) atoms. The molecule has 1 amide bonds. The number of H-pyrrole nitrogens is 1. The van der Waals surface area contributed by atoms with Gasteiger partial charge >= 0.3 is 0 Å². The summed E-state index contributed by atoms with van der Waals surface area (Å²) in [6.45, 7) is 2.18. The van der Waals surface area contributed by atoms with Crippen LogP contribution in [0.4, 0.5) is 16.0 Å². The summed E-state index contributed by atoms with van der Waals surface area (Å²) in [5.41, 5.74) is 1.96. The molecule has 3 aromatic heterocycles. The van der Waals surface area contributed by atoms with Gasteiger partial charge in [0, 0.05) is 36.4 Å². The third kappa shape index (κ3) is 5.52. The number of aliphatic hydroxyl groups is 1. The van der Waals surface area contributed by atoms with Crippen LogP contribution in [-0.2, 0) is 14.3 Å². The molecule has 1 aromatic carbocycles. The molecular formula is C26H26FN7O4. The Bertz CT molecular complexity index is 1390. The van der Waals surface area contributed by atoms with Crippen molar-refractivity contribution in [3.05, 3.63) is 72.7 Å². The van der Waals surface area contributed by atoms with Gasteiger partial charge in [0.1, 0.15) is 5.82 Å². The molecule has 0 unspecified atom stereocenters. The monoisotopic (exact) mass is 519 g/mol. The van der Waals surface area contributed by atoms with Gasteiger partial charge in [0.25, 0.3) is 0 Å². The Morgan fingerprint density at radius 3 is 2.55 bits per heavy atom. The molecule has 1 saturated heterocycles. The van der Waals surface area contributed by atoms with Crippen molar-refractivity contribution >= 4 is 17.5 Å². The molecule has 5 rings (SSSR count). The summed E-state index contributed by atoms with van der Waals surface area (Å²) >= 11 is 0. The van der Waals surface area contributed by atoms with Crippen LogP contribution in [0.3, 0.4) is 0 Å². The smallest absolute Gasteiger partial charge is 0.235 e. The van der Waals surface area contributed by atoms with E-state index in [2.05, 4.69) is 30.6 Å². The van der Waals surface area contributed by atoms with Gasteiger partial charge in [-0.3, -0.25) is 9.78 Å². The van der Waals surface area contributed by atoms with Gasteiger partial charge in [-0.1, -0.05) is 0 Å². The Kier molecular flexibility index (Phi) is 7.36. The number of anilines is 2. The SMILES string of the molecule is CC1(C(=O)Nc2ccncc2)COC(c2nc(-c3ccc(F)cc3)c(-c3ccnc(NCCO)n3)[nH]2)OC1. The van der Waals surface area contributed by atoms with Crippen molar-refractivity contribution < 1.29 is 23.8 Å². The van der Waals surface area contributed by atoms with Crippen LogP contribution in [0.5, 0.6) is 0 Å². The highest BCUT2D eigenvalue weighted by atomic mass is 19.1. The van der Waals surface area contributed by atoms with Gasteiger partial charge in [0.2, 0.25) is 18.1 Å². The van der Waals surface area contributed by atoms with Crippen molar-refractivity contribution in [2.45, 2.75) is 13.2 Å². The summed E-state index contributed by atoms with van der Waals surface area (Å²) in [7, 11) is 0. The Morgan fingerprint density at radius 2 is 1.84 bits per heavy atom. The van der Waals surface area contributed by atoms with Crippen LogP contribution in [0.15, 0.2) is 61.1 Å². The molecule has 11 nitrogen and oxygen atoms in total. The topological polar surface area (TPSA) is 147 Å². The van der Waals surface area contributed by atoms with E-state index in [1.165, 1.54) is 12.1 Å². The number of carbonyl (C=O) groups excluding carboxylic acids is 1. The van der Waals surface area contributed by atoms with Crippen LogP contribution in [0.2, 0.25) is 0 Å². The Labute approximate surface area is 217 Å². The predicted octanol–water partition coefficient (Wildman–Crippen LogP) is 3.16. The molecule has 0 aliphatic carbocycles. The zero-order valence-corrected chi connectivity index (χ0v) is 20.5. The number of amides is 1. The first-order valence-electron chi connectivity index (χ1n) is 11.9. The minimum absolute atomic E-state index is 0.0710. The first kappa shape index (κ1) is 25.4. The highest BCUT2D eigenvalue weighted by molar-refractivity contribution is 5.95.